The van der Waals surface area contributed by atoms with Crippen LogP contribution in [0.1, 0.15) is 51.2 Å². The van der Waals surface area contributed by atoms with Gasteiger partial charge in [0.25, 0.3) is 0 Å². The summed E-state index contributed by atoms with van der Waals surface area (Å²) < 4.78 is 5.46. The molecule has 21 heavy (non-hydrogen) atoms. The van der Waals surface area contributed by atoms with E-state index >= 15 is 0 Å². The number of methoxy groups -OCH3 is 1. The quantitative estimate of drug-likeness (QED) is 0.814. The number of carbonyl (C=O) groups excluding carboxylic acids is 1. The molecule has 0 heterocycles. The van der Waals surface area contributed by atoms with Crippen LogP contribution in [0.4, 0.5) is 0 Å². The van der Waals surface area contributed by atoms with Crippen LogP contribution in [0.15, 0.2) is 18.2 Å². The second kappa shape index (κ2) is 6.21. The van der Waals surface area contributed by atoms with Gasteiger partial charge in [-0.25, -0.2) is 0 Å². The molecule has 0 radical (unpaired) electrons. The van der Waals surface area contributed by atoms with Gasteiger partial charge in [0.15, 0.2) is 0 Å². The van der Waals surface area contributed by atoms with E-state index in [9.17, 15) is 4.79 Å². The van der Waals surface area contributed by atoms with E-state index in [-0.39, 0.29) is 11.3 Å². The predicted molar refractivity (Wildman–Crippen MR) is 86.7 cm³/mol. The third kappa shape index (κ3) is 3.87. The molecule has 1 aliphatic carbocycles. The molecule has 0 N–H and O–H groups in total. The lowest BCUT2D eigenvalue weighted by Crippen LogP contribution is -2.33. The molecule has 2 atom stereocenters. The highest BCUT2D eigenvalue weighted by atomic mass is 16.5. The molecule has 116 valence electrons. The van der Waals surface area contributed by atoms with Crippen molar-refractivity contribution in [3.05, 3.63) is 29.3 Å². The highest BCUT2D eigenvalue weighted by Crippen LogP contribution is 2.40. The van der Waals surface area contributed by atoms with Crippen LogP contribution >= 0.6 is 0 Å². The molecule has 2 rings (SSSR count). The maximum Gasteiger partial charge on any atom is 0.136 e. The molecular formula is C19H28O2. The molecule has 1 saturated carbocycles. The highest BCUT2D eigenvalue weighted by molar-refractivity contribution is 5.82. The Bertz CT molecular complexity index is 511. The number of rotatable bonds is 3. The minimum absolute atomic E-state index is 0.152. The van der Waals surface area contributed by atoms with Crippen LogP contribution in [-0.2, 0) is 11.2 Å². The number of benzene rings is 1. The minimum atomic E-state index is 0.152. The average Bonchev–Trinajstić information content (AvgIpc) is 2.40. The molecule has 1 aromatic carbocycles. The number of Topliss-reactive ketones (excluding diaryl/α,β-unsaturated/α-hetero) is 1. The monoisotopic (exact) mass is 288 g/mol. The number of ketones is 1. The first-order chi connectivity index (χ1) is 9.81. The SMILES string of the molecule is COc1ccc(C)cc1CC1CC(C(C)(C)C)CCC1=O. The van der Waals surface area contributed by atoms with Gasteiger partial charge in [-0.15, -0.1) is 0 Å². The Labute approximate surface area is 128 Å². The van der Waals surface area contributed by atoms with Gasteiger partial charge in [-0.3, -0.25) is 4.79 Å². The van der Waals surface area contributed by atoms with E-state index < -0.39 is 0 Å². The topological polar surface area (TPSA) is 26.3 Å². The third-order valence-corrected chi connectivity index (χ3v) is 4.89. The summed E-state index contributed by atoms with van der Waals surface area (Å²) in [5.41, 5.74) is 2.68. The zero-order valence-corrected chi connectivity index (χ0v) is 14.0. The van der Waals surface area contributed by atoms with E-state index in [1.165, 1.54) is 11.1 Å². The number of carbonyl (C=O) groups is 1. The summed E-state index contributed by atoms with van der Waals surface area (Å²) in [4.78, 5) is 12.3. The zero-order valence-electron chi connectivity index (χ0n) is 14.0. The van der Waals surface area contributed by atoms with Crippen LogP contribution in [0.25, 0.3) is 0 Å². The maximum atomic E-state index is 12.3. The van der Waals surface area contributed by atoms with Crippen molar-refractivity contribution in [2.24, 2.45) is 17.3 Å². The normalized spacial score (nSPS) is 23.2. The molecule has 2 heteroatoms. The zero-order chi connectivity index (χ0) is 15.6. The molecule has 2 nitrogen and oxygen atoms in total. The van der Waals surface area contributed by atoms with Crippen LogP contribution in [0.3, 0.4) is 0 Å². The van der Waals surface area contributed by atoms with Crippen molar-refractivity contribution in [2.75, 3.05) is 7.11 Å². The lowest BCUT2D eigenvalue weighted by Gasteiger charge is -2.37. The van der Waals surface area contributed by atoms with E-state index in [2.05, 4.69) is 39.8 Å². The summed E-state index contributed by atoms with van der Waals surface area (Å²) in [5.74, 6) is 2.13. The Morgan fingerprint density at radius 3 is 2.62 bits per heavy atom. The Hall–Kier alpha value is -1.31. The Morgan fingerprint density at radius 1 is 1.29 bits per heavy atom. The fourth-order valence-corrected chi connectivity index (χ4v) is 3.43. The molecule has 1 fully saturated rings. The van der Waals surface area contributed by atoms with Gasteiger partial charge in [-0.1, -0.05) is 38.5 Å². The van der Waals surface area contributed by atoms with Gasteiger partial charge in [-0.2, -0.15) is 0 Å². The van der Waals surface area contributed by atoms with Gasteiger partial charge < -0.3 is 4.74 Å². The molecule has 0 spiro atoms. The molecule has 2 unspecified atom stereocenters. The van der Waals surface area contributed by atoms with Crippen molar-refractivity contribution in [2.45, 2.75) is 53.4 Å². The van der Waals surface area contributed by atoms with Crippen molar-refractivity contribution in [1.29, 1.82) is 0 Å². The molecular weight excluding hydrogens is 260 g/mol. The number of ether oxygens (including phenoxy) is 1. The Balaban J connectivity index is 2.17. The van der Waals surface area contributed by atoms with Crippen LogP contribution in [-0.4, -0.2) is 12.9 Å². The molecule has 0 aromatic heterocycles. The molecule has 1 aliphatic rings. The lowest BCUT2D eigenvalue weighted by atomic mass is 9.67. The number of hydrogen-bond donors (Lipinski definition) is 0. The molecule has 0 bridgehead atoms. The van der Waals surface area contributed by atoms with E-state index in [1.807, 2.05) is 6.07 Å². The second-order valence-electron chi connectivity index (χ2n) is 7.52. The first-order valence-electron chi connectivity index (χ1n) is 7.97. The molecule has 0 aliphatic heterocycles. The van der Waals surface area contributed by atoms with Gasteiger partial charge in [0.2, 0.25) is 0 Å². The summed E-state index contributed by atoms with van der Waals surface area (Å²) in [5, 5.41) is 0. The third-order valence-electron chi connectivity index (χ3n) is 4.89. The number of aryl methyl sites for hydroxylation is 1. The first kappa shape index (κ1) is 16.1. The van der Waals surface area contributed by atoms with Gasteiger partial charge in [0.1, 0.15) is 11.5 Å². The smallest absolute Gasteiger partial charge is 0.136 e. The van der Waals surface area contributed by atoms with Crippen molar-refractivity contribution < 1.29 is 9.53 Å². The van der Waals surface area contributed by atoms with E-state index in [4.69, 9.17) is 4.74 Å². The van der Waals surface area contributed by atoms with Crippen LogP contribution < -0.4 is 4.74 Å². The van der Waals surface area contributed by atoms with Gasteiger partial charge >= 0.3 is 0 Å². The maximum absolute atomic E-state index is 12.3. The van der Waals surface area contributed by atoms with Crippen LogP contribution in [0.5, 0.6) is 5.75 Å². The number of hydrogen-bond acceptors (Lipinski definition) is 2. The summed E-state index contributed by atoms with van der Waals surface area (Å²) in [6, 6.07) is 6.23. The average molecular weight is 288 g/mol. The predicted octanol–water partition coefficient (Wildman–Crippen LogP) is 4.58. The molecule has 0 amide bonds. The largest absolute Gasteiger partial charge is 0.496 e. The van der Waals surface area contributed by atoms with Gasteiger partial charge in [0, 0.05) is 12.3 Å². The lowest BCUT2D eigenvalue weighted by molar-refractivity contribution is -0.126. The van der Waals surface area contributed by atoms with Crippen molar-refractivity contribution in [3.8, 4) is 5.75 Å². The van der Waals surface area contributed by atoms with Gasteiger partial charge in [0.05, 0.1) is 7.11 Å². The Kier molecular flexibility index (Phi) is 4.75. The summed E-state index contributed by atoms with van der Waals surface area (Å²) >= 11 is 0. The standard InChI is InChI=1S/C19H28O2/c1-13-6-9-18(21-5)15(10-13)11-14-12-16(19(2,3)4)7-8-17(14)20/h6,9-10,14,16H,7-8,11-12H2,1-5H3. The summed E-state index contributed by atoms with van der Waals surface area (Å²) in [7, 11) is 1.70. The van der Waals surface area contributed by atoms with Crippen LogP contribution in [0.2, 0.25) is 0 Å². The second-order valence-corrected chi connectivity index (χ2v) is 7.52. The van der Waals surface area contributed by atoms with Crippen molar-refractivity contribution >= 4 is 5.78 Å². The van der Waals surface area contributed by atoms with E-state index in [0.29, 0.717) is 11.7 Å². The van der Waals surface area contributed by atoms with Crippen LogP contribution in [0, 0.1) is 24.2 Å². The van der Waals surface area contributed by atoms with Crippen molar-refractivity contribution in [1.82, 2.24) is 0 Å². The first-order valence-corrected chi connectivity index (χ1v) is 7.97. The summed E-state index contributed by atoms with van der Waals surface area (Å²) in [6.45, 7) is 8.96. The van der Waals surface area contributed by atoms with Gasteiger partial charge in [-0.05, 0) is 49.1 Å². The van der Waals surface area contributed by atoms with E-state index in [0.717, 1.165) is 31.4 Å². The fraction of sp³-hybridized carbons (Fsp3) is 0.632. The fourth-order valence-electron chi connectivity index (χ4n) is 3.43. The summed E-state index contributed by atoms with van der Waals surface area (Å²) in [6.07, 6.45) is 3.61. The molecule has 1 aromatic rings. The minimum Gasteiger partial charge on any atom is -0.496 e. The highest BCUT2D eigenvalue weighted by Gasteiger charge is 2.35. The van der Waals surface area contributed by atoms with Crippen molar-refractivity contribution in [3.63, 3.8) is 0 Å². The van der Waals surface area contributed by atoms with E-state index in [1.54, 1.807) is 7.11 Å². The molecule has 0 saturated heterocycles. The Morgan fingerprint density at radius 2 is 2.00 bits per heavy atom.